The Morgan fingerprint density at radius 1 is 1.33 bits per heavy atom. The van der Waals surface area contributed by atoms with Crippen LogP contribution >= 0.6 is 0 Å². The average molecular weight is 280 g/mol. The molecule has 3 rings (SSSR count). The SMILES string of the molecule is C=CC1=CCC(CC)=Cc2c1cnn2-c1ccc(F)cc1. The number of allylic oxidation sites excluding steroid dienone is 4. The van der Waals surface area contributed by atoms with Gasteiger partial charge in [0.05, 0.1) is 17.6 Å². The molecule has 1 heterocycles. The Kier molecular flexibility index (Phi) is 3.57. The summed E-state index contributed by atoms with van der Waals surface area (Å²) in [6.07, 6.45) is 10.00. The van der Waals surface area contributed by atoms with Crippen molar-refractivity contribution in [3.63, 3.8) is 0 Å². The van der Waals surface area contributed by atoms with Gasteiger partial charge in [0.15, 0.2) is 0 Å². The summed E-state index contributed by atoms with van der Waals surface area (Å²) in [6.45, 7) is 6.04. The van der Waals surface area contributed by atoms with Crippen molar-refractivity contribution < 1.29 is 4.39 Å². The summed E-state index contributed by atoms with van der Waals surface area (Å²) < 4.78 is 15.0. The number of halogens is 1. The fourth-order valence-electron chi connectivity index (χ4n) is 2.55. The number of nitrogens with zero attached hydrogens (tertiary/aromatic N) is 2. The van der Waals surface area contributed by atoms with E-state index in [4.69, 9.17) is 0 Å². The molecule has 0 saturated heterocycles. The van der Waals surface area contributed by atoms with Crippen molar-refractivity contribution in [2.45, 2.75) is 19.8 Å². The molecule has 1 aliphatic rings. The van der Waals surface area contributed by atoms with Gasteiger partial charge in [0, 0.05) is 5.56 Å². The van der Waals surface area contributed by atoms with Crippen LogP contribution in [0.3, 0.4) is 0 Å². The van der Waals surface area contributed by atoms with Gasteiger partial charge in [-0.25, -0.2) is 9.07 Å². The second-order valence-electron chi connectivity index (χ2n) is 5.06. The highest BCUT2D eigenvalue weighted by Gasteiger charge is 2.15. The average Bonchev–Trinajstić information content (AvgIpc) is 2.82. The molecule has 0 radical (unpaired) electrons. The van der Waals surface area contributed by atoms with Gasteiger partial charge in [0.1, 0.15) is 5.82 Å². The third kappa shape index (κ3) is 2.47. The first kappa shape index (κ1) is 13.6. The van der Waals surface area contributed by atoms with E-state index in [2.05, 4.69) is 30.8 Å². The molecule has 0 spiro atoms. The first-order valence-corrected chi connectivity index (χ1v) is 7.09. The van der Waals surface area contributed by atoms with Crippen LogP contribution in [0.1, 0.15) is 31.0 Å². The highest BCUT2D eigenvalue weighted by atomic mass is 19.1. The number of hydrogen-bond donors (Lipinski definition) is 0. The number of benzene rings is 1. The van der Waals surface area contributed by atoms with Crippen molar-refractivity contribution in [3.8, 4) is 5.69 Å². The Balaban J connectivity index is 2.18. The fraction of sp³-hybridized carbons (Fsp3) is 0.167. The molecular weight excluding hydrogens is 263 g/mol. The Labute approximate surface area is 123 Å². The summed E-state index contributed by atoms with van der Waals surface area (Å²) in [7, 11) is 0. The molecule has 21 heavy (non-hydrogen) atoms. The Morgan fingerprint density at radius 2 is 2.10 bits per heavy atom. The van der Waals surface area contributed by atoms with E-state index in [1.165, 1.54) is 17.7 Å². The van der Waals surface area contributed by atoms with Crippen molar-refractivity contribution in [3.05, 3.63) is 71.8 Å². The summed E-state index contributed by atoms with van der Waals surface area (Å²) in [4.78, 5) is 0. The van der Waals surface area contributed by atoms with E-state index < -0.39 is 0 Å². The monoisotopic (exact) mass is 280 g/mol. The fourth-order valence-corrected chi connectivity index (χ4v) is 2.55. The Hall–Kier alpha value is -2.42. The lowest BCUT2D eigenvalue weighted by Crippen LogP contribution is -2.00. The van der Waals surface area contributed by atoms with Gasteiger partial charge in [-0.15, -0.1) is 0 Å². The predicted octanol–water partition coefficient (Wildman–Crippen LogP) is 4.78. The highest BCUT2D eigenvalue weighted by Crippen LogP contribution is 2.30. The first-order chi connectivity index (χ1) is 10.2. The molecule has 106 valence electrons. The minimum absolute atomic E-state index is 0.242. The molecule has 0 saturated carbocycles. The zero-order valence-corrected chi connectivity index (χ0v) is 12.0. The van der Waals surface area contributed by atoms with Gasteiger partial charge in [0.2, 0.25) is 0 Å². The van der Waals surface area contributed by atoms with E-state index in [1.807, 2.05) is 17.0 Å². The molecule has 0 amide bonds. The van der Waals surface area contributed by atoms with Gasteiger partial charge < -0.3 is 0 Å². The third-order valence-corrected chi connectivity index (χ3v) is 3.79. The standard InChI is InChI=1S/C18H17FN2/c1-3-13-5-6-14(4-2)17-12-20-21(18(17)11-13)16-9-7-15(19)8-10-16/h4,6-12H,2-3,5H2,1H3. The summed E-state index contributed by atoms with van der Waals surface area (Å²) in [5, 5.41) is 4.47. The summed E-state index contributed by atoms with van der Waals surface area (Å²) >= 11 is 0. The number of fused-ring (bicyclic) bond motifs is 1. The molecule has 2 nitrogen and oxygen atoms in total. The predicted molar refractivity (Wildman–Crippen MR) is 84.6 cm³/mol. The zero-order valence-electron chi connectivity index (χ0n) is 12.0. The van der Waals surface area contributed by atoms with Crippen molar-refractivity contribution in [1.82, 2.24) is 9.78 Å². The molecule has 3 heteroatoms. The maximum Gasteiger partial charge on any atom is 0.123 e. The third-order valence-electron chi connectivity index (χ3n) is 3.79. The maximum atomic E-state index is 13.1. The molecular formula is C18H17FN2. The van der Waals surface area contributed by atoms with Gasteiger partial charge in [-0.1, -0.05) is 31.2 Å². The summed E-state index contributed by atoms with van der Waals surface area (Å²) in [6, 6.07) is 6.39. The summed E-state index contributed by atoms with van der Waals surface area (Å²) in [5.74, 6) is -0.242. The van der Waals surface area contributed by atoms with Crippen LogP contribution in [0.15, 0.2) is 54.8 Å². The molecule has 0 N–H and O–H groups in total. The van der Waals surface area contributed by atoms with Crippen LogP contribution in [0.25, 0.3) is 17.3 Å². The minimum Gasteiger partial charge on any atom is -0.233 e. The van der Waals surface area contributed by atoms with Crippen LogP contribution in [0.4, 0.5) is 4.39 Å². The van der Waals surface area contributed by atoms with E-state index in [-0.39, 0.29) is 5.82 Å². The van der Waals surface area contributed by atoms with Crippen LogP contribution in [0.5, 0.6) is 0 Å². The van der Waals surface area contributed by atoms with Gasteiger partial charge in [-0.05, 0) is 48.8 Å². The molecule has 0 bridgehead atoms. The lowest BCUT2D eigenvalue weighted by Gasteiger charge is -2.07. The number of rotatable bonds is 3. The van der Waals surface area contributed by atoms with Crippen molar-refractivity contribution in [2.75, 3.05) is 0 Å². The lowest BCUT2D eigenvalue weighted by molar-refractivity contribution is 0.627. The van der Waals surface area contributed by atoms with Gasteiger partial charge in [-0.3, -0.25) is 0 Å². The van der Waals surface area contributed by atoms with Gasteiger partial charge in [-0.2, -0.15) is 5.10 Å². The van der Waals surface area contributed by atoms with Crippen molar-refractivity contribution in [1.29, 1.82) is 0 Å². The van der Waals surface area contributed by atoms with E-state index in [1.54, 1.807) is 12.1 Å². The van der Waals surface area contributed by atoms with Crippen LogP contribution in [0.2, 0.25) is 0 Å². The lowest BCUT2D eigenvalue weighted by atomic mass is 10.1. The molecule has 1 aromatic heterocycles. The van der Waals surface area contributed by atoms with Gasteiger partial charge in [0.25, 0.3) is 0 Å². The molecule has 0 unspecified atom stereocenters. The number of hydrogen-bond acceptors (Lipinski definition) is 1. The molecule has 1 aliphatic carbocycles. The van der Waals surface area contributed by atoms with Gasteiger partial charge >= 0.3 is 0 Å². The molecule has 2 aromatic rings. The van der Waals surface area contributed by atoms with Crippen molar-refractivity contribution >= 4 is 11.6 Å². The van der Waals surface area contributed by atoms with E-state index in [9.17, 15) is 4.39 Å². The van der Waals surface area contributed by atoms with E-state index in [0.29, 0.717) is 0 Å². The van der Waals surface area contributed by atoms with Crippen LogP contribution in [0, 0.1) is 5.82 Å². The topological polar surface area (TPSA) is 17.8 Å². The molecule has 0 aliphatic heterocycles. The van der Waals surface area contributed by atoms with Crippen molar-refractivity contribution in [2.24, 2.45) is 0 Å². The molecule has 0 atom stereocenters. The molecule has 1 aromatic carbocycles. The second-order valence-corrected chi connectivity index (χ2v) is 5.06. The zero-order chi connectivity index (χ0) is 14.8. The first-order valence-electron chi connectivity index (χ1n) is 7.09. The molecule has 0 fully saturated rings. The van der Waals surface area contributed by atoms with E-state index >= 15 is 0 Å². The normalized spacial score (nSPS) is 14.0. The Bertz CT molecular complexity index is 733. The largest absolute Gasteiger partial charge is 0.233 e. The van der Waals surface area contributed by atoms with Crippen LogP contribution in [-0.2, 0) is 0 Å². The highest BCUT2D eigenvalue weighted by molar-refractivity contribution is 5.81. The minimum atomic E-state index is -0.242. The quantitative estimate of drug-likeness (QED) is 0.791. The second kappa shape index (κ2) is 5.52. The van der Waals surface area contributed by atoms with E-state index in [0.717, 1.165) is 35.4 Å². The smallest absolute Gasteiger partial charge is 0.123 e. The summed E-state index contributed by atoms with van der Waals surface area (Å²) in [5.41, 5.74) is 5.39. The van der Waals surface area contributed by atoms with Crippen LogP contribution < -0.4 is 0 Å². The Morgan fingerprint density at radius 3 is 2.76 bits per heavy atom. The number of aromatic nitrogens is 2. The van der Waals surface area contributed by atoms with Crippen LogP contribution in [-0.4, -0.2) is 9.78 Å². The maximum absolute atomic E-state index is 13.1.